The van der Waals surface area contributed by atoms with E-state index in [2.05, 4.69) is 13.8 Å². The van der Waals surface area contributed by atoms with Gasteiger partial charge in [-0.2, -0.15) is 4.39 Å². The third-order valence-electron chi connectivity index (χ3n) is 7.59. The maximum absolute atomic E-state index is 15.1. The van der Waals surface area contributed by atoms with E-state index in [4.69, 9.17) is 9.47 Å². The summed E-state index contributed by atoms with van der Waals surface area (Å²) < 4.78 is 71.1. The first-order chi connectivity index (χ1) is 18.9. The van der Waals surface area contributed by atoms with Crippen LogP contribution in [-0.2, 0) is 4.74 Å². The van der Waals surface area contributed by atoms with Crippen molar-refractivity contribution in [2.45, 2.75) is 83.7 Å². The Kier molecular flexibility index (Phi) is 10.4. The summed E-state index contributed by atoms with van der Waals surface area (Å²) in [5, 5.41) is 0. The molecule has 0 aliphatic carbocycles. The van der Waals surface area contributed by atoms with Crippen LogP contribution in [0.1, 0.15) is 83.1 Å². The fraction of sp³-hybridized carbons (Fsp3) is 0.455. The Balaban J connectivity index is 1.44. The molecule has 1 aliphatic rings. The monoisotopic (exact) mass is 542 g/mol. The summed E-state index contributed by atoms with van der Waals surface area (Å²) >= 11 is 0. The van der Waals surface area contributed by atoms with Gasteiger partial charge < -0.3 is 9.47 Å². The second-order valence-electron chi connectivity index (χ2n) is 10.4. The van der Waals surface area contributed by atoms with Gasteiger partial charge in [-0.05, 0) is 54.5 Å². The van der Waals surface area contributed by atoms with Gasteiger partial charge in [0.1, 0.15) is 0 Å². The number of rotatable bonds is 12. The Hall–Kier alpha value is -2.86. The lowest BCUT2D eigenvalue weighted by Gasteiger charge is -2.29. The van der Waals surface area contributed by atoms with E-state index in [0.717, 1.165) is 57.8 Å². The summed E-state index contributed by atoms with van der Waals surface area (Å²) in [7, 11) is 0. The molecule has 1 heterocycles. The highest BCUT2D eigenvalue weighted by atomic mass is 19.2. The lowest BCUT2D eigenvalue weighted by atomic mass is 9.88. The fourth-order valence-electron chi connectivity index (χ4n) is 5.29. The van der Waals surface area contributed by atoms with Crippen LogP contribution in [0.5, 0.6) is 5.75 Å². The minimum absolute atomic E-state index is 0.0787. The molecule has 2 nitrogen and oxygen atoms in total. The van der Waals surface area contributed by atoms with E-state index in [9.17, 15) is 8.78 Å². The first kappa shape index (κ1) is 29.1. The second kappa shape index (κ2) is 14.0. The van der Waals surface area contributed by atoms with Crippen molar-refractivity contribution in [1.29, 1.82) is 0 Å². The van der Waals surface area contributed by atoms with Gasteiger partial charge in [0.05, 0.1) is 19.3 Å². The SMILES string of the molecule is CCCCCCCOc1ccc(-c2ccc(-c3ccc(C4CCC(CCC)OC4)c(F)c3F)cc2)c(F)c1F. The highest BCUT2D eigenvalue weighted by molar-refractivity contribution is 5.72. The molecule has 1 fully saturated rings. The number of hydrogen-bond donors (Lipinski definition) is 0. The van der Waals surface area contributed by atoms with Crippen molar-refractivity contribution in [3.05, 3.63) is 77.4 Å². The highest BCUT2D eigenvalue weighted by Gasteiger charge is 2.27. The zero-order valence-corrected chi connectivity index (χ0v) is 22.9. The number of hydrogen-bond acceptors (Lipinski definition) is 2. The molecule has 3 aromatic carbocycles. The third-order valence-corrected chi connectivity index (χ3v) is 7.59. The van der Waals surface area contributed by atoms with Crippen molar-refractivity contribution in [3.63, 3.8) is 0 Å². The van der Waals surface area contributed by atoms with Gasteiger partial charge in [-0.3, -0.25) is 0 Å². The summed E-state index contributed by atoms with van der Waals surface area (Å²) in [5.41, 5.74) is 1.42. The van der Waals surface area contributed by atoms with Crippen LogP contribution < -0.4 is 4.74 Å². The van der Waals surface area contributed by atoms with Crippen LogP contribution in [-0.4, -0.2) is 19.3 Å². The van der Waals surface area contributed by atoms with E-state index in [-0.39, 0.29) is 28.9 Å². The molecule has 0 aromatic heterocycles. The molecule has 3 aromatic rings. The maximum Gasteiger partial charge on any atom is 0.201 e. The minimum atomic E-state index is -1.03. The molecule has 1 aliphatic heterocycles. The molecule has 0 spiro atoms. The van der Waals surface area contributed by atoms with Crippen molar-refractivity contribution in [2.75, 3.05) is 13.2 Å². The lowest BCUT2D eigenvalue weighted by molar-refractivity contribution is -0.00181. The average Bonchev–Trinajstić information content (AvgIpc) is 2.95. The molecule has 0 radical (unpaired) electrons. The fourth-order valence-corrected chi connectivity index (χ4v) is 5.29. The van der Waals surface area contributed by atoms with Crippen LogP contribution in [0.3, 0.4) is 0 Å². The molecule has 0 saturated carbocycles. The second-order valence-corrected chi connectivity index (χ2v) is 10.4. The third kappa shape index (κ3) is 7.02. The molecule has 2 unspecified atom stereocenters. The van der Waals surface area contributed by atoms with Crippen molar-refractivity contribution < 1.29 is 27.0 Å². The number of ether oxygens (including phenoxy) is 2. The van der Waals surface area contributed by atoms with Crippen LogP contribution in [0.15, 0.2) is 48.5 Å². The maximum atomic E-state index is 15.1. The normalized spacial score (nSPS) is 17.4. The molecule has 0 bridgehead atoms. The molecular formula is C33H38F4O2. The molecule has 0 N–H and O–H groups in total. The van der Waals surface area contributed by atoms with Gasteiger partial charge in [0.15, 0.2) is 23.2 Å². The van der Waals surface area contributed by atoms with Gasteiger partial charge in [-0.15, -0.1) is 0 Å². The summed E-state index contributed by atoms with van der Waals surface area (Å²) in [6.07, 6.45) is 8.97. The van der Waals surface area contributed by atoms with E-state index in [1.54, 1.807) is 36.4 Å². The molecular weight excluding hydrogens is 504 g/mol. The van der Waals surface area contributed by atoms with Crippen LogP contribution >= 0.6 is 0 Å². The molecule has 39 heavy (non-hydrogen) atoms. The van der Waals surface area contributed by atoms with Crippen molar-refractivity contribution >= 4 is 0 Å². The summed E-state index contributed by atoms with van der Waals surface area (Å²) in [5.74, 6) is -4.07. The Morgan fingerprint density at radius 3 is 1.95 bits per heavy atom. The lowest BCUT2D eigenvalue weighted by Crippen LogP contribution is -2.25. The summed E-state index contributed by atoms with van der Waals surface area (Å²) in [4.78, 5) is 0. The largest absolute Gasteiger partial charge is 0.490 e. The highest BCUT2D eigenvalue weighted by Crippen LogP contribution is 2.36. The minimum Gasteiger partial charge on any atom is -0.490 e. The van der Waals surface area contributed by atoms with Crippen LogP contribution in [0.4, 0.5) is 17.6 Å². The molecule has 210 valence electrons. The van der Waals surface area contributed by atoms with E-state index in [1.165, 1.54) is 12.1 Å². The standard InChI is InChI=1S/C33H38F4O2/c1-3-5-6-7-8-20-38-29-19-18-27(32(36)33(29)37)23-12-10-22(11-13-23)26-16-17-28(31(35)30(26)34)24-14-15-25(9-4-2)39-21-24/h10-13,16-19,24-25H,3-9,14-15,20-21H2,1-2H3. The number of unbranched alkanes of at least 4 members (excludes halogenated alkanes) is 4. The first-order valence-electron chi connectivity index (χ1n) is 14.3. The van der Waals surface area contributed by atoms with Gasteiger partial charge in [0.25, 0.3) is 0 Å². The average molecular weight is 543 g/mol. The number of benzene rings is 3. The van der Waals surface area contributed by atoms with Gasteiger partial charge in [0, 0.05) is 17.0 Å². The zero-order valence-electron chi connectivity index (χ0n) is 22.9. The Labute approximate surface area is 229 Å². The first-order valence-corrected chi connectivity index (χ1v) is 14.3. The van der Waals surface area contributed by atoms with Crippen molar-refractivity contribution in [3.8, 4) is 28.0 Å². The predicted octanol–water partition coefficient (Wildman–Crippen LogP) is 9.99. The van der Waals surface area contributed by atoms with E-state index < -0.39 is 23.3 Å². The predicted molar refractivity (Wildman–Crippen MR) is 148 cm³/mol. The smallest absolute Gasteiger partial charge is 0.201 e. The van der Waals surface area contributed by atoms with E-state index >= 15 is 8.78 Å². The molecule has 4 rings (SSSR count). The molecule has 0 amide bonds. The molecule has 6 heteroatoms. The van der Waals surface area contributed by atoms with Crippen LogP contribution in [0.25, 0.3) is 22.3 Å². The Morgan fingerprint density at radius 2 is 1.33 bits per heavy atom. The van der Waals surface area contributed by atoms with Crippen LogP contribution in [0, 0.1) is 23.3 Å². The van der Waals surface area contributed by atoms with Gasteiger partial charge in [0.2, 0.25) is 5.82 Å². The number of halogens is 4. The van der Waals surface area contributed by atoms with Gasteiger partial charge in [-0.25, -0.2) is 13.2 Å². The van der Waals surface area contributed by atoms with Gasteiger partial charge >= 0.3 is 0 Å². The quantitative estimate of drug-likeness (QED) is 0.167. The molecule has 1 saturated heterocycles. The zero-order chi connectivity index (χ0) is 27.8. The molecule has 2 atom stereocenters. The summed E-state index contributed by atoms with van der Waals surface area (Å²) in [6.45, 7) is 4.96. The van der Waals surface area contributed by atoms with Crippen molar-refractivity contribution in [1.82, 2.24) is 0 Å². The van der Waals surface area contributed by atoms with Crippen LogP contribution in [0.2, 0.25) is 0 Å². The summed E-state index contributed by atoms with van der Waals surface area (Å²) in [6, 6.07) is 12.5. The Morgan fingerprint density at radius 1 is 0.692 bits per heavy atom. The Bertz CT molecular complexity index is 1220. The van der Waals surface area contributed by atoms with E-state index in [1.807, 2.05) is 0 Å². The van der Waals surface area contributed by atoms with E-state index in [0.29, 0.717) is 29.9 Å². The van der Waals surface area contributed by atoms with Gasteiger partial charge in [-0.1, -0.05) is 82.3 Å². The topological polar surface area (TPSA) is 18.5 Å². The van der Waals surface area contributed by atoms with Crippen molar-refractivity contribution in [2.24, 2.45) is 0 Å².